The third kappa shape index (κ3) is 2.86. The Morgan fingerprint density at radius 1 is 1.15 bits per heavy atom. The van der Waals surface area contributed by atoms with Crippen LogP contribution in [0.5, 0.6) is 17.2 Å². The Morgan fingerprint density at radius 2 is 1.69 bits per heavy atom. The number of benzene rings is 1. The Labute approximate surface area is 78.6 Å². The fraction of sp³-hybridized carbons (Fsp3) is 0.400. The summed E-state index contributed by atoms with van der Waals surface area (Å²) in [7, 11) is 1.44. The van der Waals surface area contributed by atoms with Crippen LogP contribution < -0.4 is 4.74 Å². The predicted octanol–water partition coefficient (Wildman–Crippen LogP) is 2.44. The first kappa shape index (κ1) is 11.6. The number of aromatic hydroxyl groups is 2. The summed E-state index contributed by atoms with van der Waals surface area (Å²) in [6.45, 7) is 5.81. The predicted molar refractivity (Wildman–Crippen MR) is 52.4 cm³/mol. The summed E-state index contributed by atoms with van der Waals surface area (Å²) in [5.41, 5.74) is 0.845. The molecule has 0 spiro atoms. The maximum atomic E-state index is 9.15. The van der Waals surface area contributed by atoms with Crippen LogP contribution in [0.15, 0.2) is 12.1 Å². The first-order valence-electron chi connectivity index (χ1n) is 4.21. The molecule has 0 aliphatic carbocycles. The number of phenolic OH excluding ortho intramolecular Hbond substituents is 2. The highest BCUT2D eigenvalue weighted by molar-refractivity contribution is 5.51. The van der Waals surface area contributed by atoms with Crippen molar-refractivity contribution < 1.29 is 14.9 Å². The first-order chi connectivity index (χ1) is 6.15. The molecule has 74 valence electrons. The van der Waals surface area contributed by atoms with Crippen LogP contribution in [0.25, 0.3) is 0 Å². The monoisotopic (exact) mass is 184 g/mol. The molecule has 0 bridgehead atoms. The minimum Gasteiger partial charge on any atom is -0.504 e. The summed E-state index contributed by atoms with van der Waals surface area (Å²) in [5, 5.41) is 18.2. The quantitative estimate of drug-likeness (QED) is 0.659. The Hall–Kier alpha value is -1.38. The lowest BCUT2D eigenvalue weighted by molar-refractivity contribution is 0.350. The van der Waals surface area contributed by atoms with Gasteiger partial charge in [0.25, 0.3) is 0 Å². The number of aryl methyl sites for hydroxylation is 1. The molecule has 0 aromatic heterocycles. The Morgan fingerprint density at radius 3 is 2.15 bits per heavy atom. The zero-order valence-electron chi connectivity index (χ0n) is 8.46. The molecular formula is C10H16O3. The minimum absolute atomic E-state index is 0.151. The molecule has 0 unspecified atom stereocenters. The maximum absolute atomic E-state index is 9.15. The number of hydrogen-bond acceptors (Lipinski definition) is 3. The van der Waals surface area contributed by atoms with Gasteiger partial charge in [0.2, 0.25) is 5.75 Å². The van der Waals surface area contributed by atoms with Crippen LogP contribution in [-0.2, 0) is 0 Å². The van der Waals surface area contributed by atoms with Gasteiger partial charge in [-0.2, -0.15) is 0 Å². The maximum Gasteiger partial charge on any atom is 0.200 e. The topological polar surface area (TPSA) is 49.7 Å². The zero-order chi connectivity index (χ0) is 10.4. The van der Waals surface area contributed by atoms with Gasteiger partial charge in [-0.05, 0) is 24.6 Å². The van der Waals surface area contributed by atoms with Gasteiger partial charge in [-0.3, -0.25) is 0 Å². The number of hydrogen-bond donors (Lipinski definition) is 2. The lowest BCUT2D eigenvalue weighted by atomic mass is 10.2. The third-order valence-electron chi connectivity index (χ3n) is 1.42. The molecule has 0 amide bonds. The van der Waals surface area contributed by atoms with E-state index in [1.807, 2.05) is 20.8 Å². The van der Waals surface area contributed by atoms with Crippen LogP contribution in [-0.4, -0.2) is 17.3 Å². The van der Waals surface area contributed by atoms with Crippen LogP contribution in [0.2, 0.25) is 0 Å². The summed E-state index contributed by atoms with van der Waals surface area (Å²) in [5.74, 6) is -0.0672. The van der Waals surface area contributed by atoms with E-state index in [9.17, 15) is 0 Å². The lowest BCUT2D eigenvalue weighted by Crippen LogP contribution is -1.84. The van der Waals surface area contributed by atoms with Crippen LogP contribution in [0.1, 0.15) is 19.4 Å². The minimum atomic E-state index is -0.210. The summed E-state index contributed by atoms with van der Waals surface area (Å²) in [6, 6.07) is 3.12. The molecule has 0 heterocycles. The van der Waals surface area contributed by atoms with Crippen LogP contribution in [0.3, 0.4) is 0 Å². The second-order valence-corrected chi connectivity index (χ2v) is 2.33. The normalized spacial score (nSPS) is 8.62. The molecule has 0 atom stereocenters. The van der Waals surface area contributed by atoms with Crippen molar-refractivity contribution in [2.75, 3.05) is 7.11 Å². The van der Waals surface area contributed by atoms with Gasteiger partial charge in [0, 0.05) is 0 Å². The van der Waals surface area contributed by atoms with Gasteiger partial charge in [0.05, 0.1) is 7.11 Å². The van der Waals surface area contributed by atoms with Crippen molar-refractivity contribution in [3.8, 4) is 17.2 Å². The van der Waals surface area contributed by atoms with Crippen molar-refractivity contribution in [3.63, 3.8) is 0 Å². The molecule has 2 N–H and O–H groups in total. The lowest BCUT2D eigenvalue weighted by Gasteiger charge is -2.05. The number of phenols is 2. The highest BCUT2D eigenvalue weighted by Crippen LogP contribution is 2.35. The molecular weight excluding hydrogens is 168 g/mol. The van der Waals surface area contributed by atoms with Crippen molar-refractivity contribution in [1.82, 2.24) is 0 Å². The molecule has 1 aromatic carbocycles. The molecule has 0 saturated carbocycles. The molecule has 0 aliphatic rings. The summed E-state index contributed by atoms with van der Waals surface area (Å²) in [6.07, 6.45) is 0. The van der Waals surface area contributed by atoms with Crippen molar-refractivity contribution in [2.45, 2.75) is 20.8 Å². The van der Waals surface area contributed by atoms with E-state index in [0.717, 1.165) is 5.56 Å². The highest BCUT2D eigenvalue weighted by atomic mass is 16.5. The average Bonchev–Trinajstić information content (AvgIpc) is 2.14. The molecule has 1 rings (SSSR count). The Kier molecular flexibility index (Phi) is 4.74. The third-order valence-corrected chi connectivity index (χ3v) is 1.42. The van der Waals surface area contributed by atoms with Crippen LogP contribution in [0.4, 0.5) is 0 Å². The molecule has 3 heteroatoms. The van der Waals surface area contributed by atoms with Crippen molar-refractivity contribution in [1.29, 1.82) is 0 Å². The number of methoxy groups -OCH3 is 1. The smallest absolute Gasteiger partial charge is 0.200 e. The Balaban J connectivity index is 0.000000671. The largest absolute Gasteiger partial charge is 0.504 e. The summed E-state index contributed by atoms with van der Waals surface area (Å²) >= 11 is 0. The van der Waals surface area contributed by atoms with Crippen LogP contribution >= 0.6 is 0 Å². The van der Waals surface area contributed by atoms with Crippen LogP contribution in [0, 0.1) is 6.92 Å². The van der Waals surface area contributed by atoms with Gasteiger partial charge in [-0.15, -0.1) is 0 Å². The van der Waals surface area contributed by atoms with E-state index in [0.29, 0.717) is 5.75 Å². The van der Waals surface area contributed by atoms with E-state index >= 15 is 0 Å². The standard InChI is InChI=1S/C8H10O3.C2H6/c1-5-3-6(9)8(10)7(4-5)11-2;1-2/h3-4,9-10H,1-2H3;1-2H3. The van der Waals surface area contributed by atoms with E-state index in [1.165, 1.54) is 13.2 Å². The molecule has 13 heavy (non-hydrogen) atoms. The number of ether oxygens (including phenoxy) is 1. The summed E-state index contributed by atoms with van der Waals surface area (Å²) in [4.78, 5) is 0. The van der Waals surface area contributed by atoms with Gasteiger partial charge >= 0.3 is 0 Å². The van der Waals surface area contributed by atoms with Gasteiger partial charge in [0.15, 0.2) is 11.5 Å². The van der Waals surface area contributed by atoms with E-state index in [1.54, 1.807) is 6.07 Å². The van der Waals surface area contributed by atoms with E-state index in [2.05, 4.69) is 0 Å². The van der Waals surface area contributed by atoms with Gasteiger partial charge < -0.3 is 14.9 Å². The SMILES string of the molecule is CC.COc1cc(C)cc(O)c1O. The van der Waals surface area contributed by atoms with Crippen molar-refractivity contribution >= 4 is 0 Å². The van der Waals surface area contributed by atoms with Crippen molar-refractivity contribution in [3.05, 3.63) is 17.7 Å². The van der Waals surface area contributed by atoms with Gasteiger partial charge in [-0.25, -0.2) is 0 Å². The first-order valence-corrected chi connectivity index (χ1v) is 4.21. The summed E-state index contributed by atoms with van der Waals surface area (Å²) < 4.78 is 4.80. The van der Waals surface area contributed by atoms with E-state index in [-0.39, 0.29) is 11.5 Å². The second kappa shape index (κ2) is 5.30. The fourth-order valence-corrected chi connectivity index (χ4v) is 0.883. The molecule has 0 radical (unpaired) electrons. The molecule has 1 aromatic rings. The van der Waals surface area contributed by atoms with E-state index in [4.69, 9.17) is 14.9 Å². The van der Waals surface area contributed by atoms with E-state index < -0.39 is 0 Å². The molecule has 0 saturated heterocycles. The fourth-order valence-electron chi connectivity index (χ4n) is 0.883. The average molecular weight is 184 g/mol. The number of rotatable bonds is 1. The second-order valence-electron chi connectivity index (χ2n) is 2.33. The Bertz CT molecular complexity index is 269. The van der Waals surface area contributed by atoms with Crippen molar-refractivity contribution in [2.24, 2.45) is 0 Å². The molecule has 0 fully saturated rings. The molecule has 0 aliphatic heterocycles. The van der Waals surface area contributed by atoms with Gasteiger partial charge in [0.1, 0.15) is 0 Å². The molecule has 3 nitrogen and oxygen atoms in total. The zero-order valence-corrected chi connectivity index (χ0v) is 8.46. The highest BCUT2D eigenvalue weighted by Gasteiger charge is 2.06. The van der Waals surface area contributed by atoms with Gasteiger partial charge in [-0.1, -0.05) is 13.8 Å².